The van der Waals surface area contributed by atoms with Gasteiger partial charge in [0.2, 0.25) is 0 Å². The highest BCUT2D eigenvalue weighted by Gasteiger charge is 2.29. The molecule has 0 heterocycles. The predicted molar refractivity (Wildman–Crippen MR) is 59.0 cm³/mol. The Morgan fingerprint density at radius 1 is 1.36 bits per heavy atom. The van der Waals surface area contributed by atoms with E-state index in [2.05, 4.69) is 13.8 Å². The number of hydrogen-bond donors (Lipinski definition) is 1. The van der Waals surface area contributed by atoms with E-state index < -0.39 is 0 Å². The van der Waals surface area contributed by atoms with E-state index in [0.29, 0.717) is 24.2 Å². The number of rotatable bonds is 4. The van der Waals surface area contributed by atoms with E-state index in [0.717, 1.165) is 19.3 Å². The zero-order valence-corrected chi connectivity index (χ0v) is 9.46. The van der Waals surface area contributed by atoms with Gasteiger partial charge in [0, 0.05) is 12.3 Å². The van der Waals surface area contributed by atoms with Crippen LogP contribution in [0.2, 0.25) is 0 Å². The van der Waals surface area contributed by atoms with E-state index in [1.54, 1.807) is 0 Å². The summed E-state index contributed by atoms with van der Waals surface area (Å²) >= 11 is 0. The van der Waals surface area contributed by atoms with E-state index in [1.165, 1.54) is 12.8 Å². The molecule has 2 atom stereocenters. The summed E-state index contributed by atoms with van der Waals surface area (Å²) in [6.07, 6.45) is 5.44. The molecule has 1 aliphatic rings. The topological polar surface area (TPSA) is 43.1 Å². The Morgan fingerprint density at radius 3 is 2.57 bits per heavy atom. The van der Waals surface area contributed by atoms with Crippen LogP contribution in [0.5, 0.6) is 0 Å². The van der Waals surface area contributed by atoms with Crippen molar-refractivity contribution in [3.63, 3.8) is 0 Å². The number of ketones is 1. The van der Waals surface area contributed by atoms with Crippen LogP contribution < -0.4 is 5.73 Å². The smallest absolute Gasteiger partial charge is 0.136 e. The fraction of sp³-hybridized carbons (Fsp3) is 0.917. The molecule has 14 heavy (non-hydrogen) atoms. The van der Waals surface area contributed by atoms with Crippen LogP contribution in [0.1, 0.15) is 46.0 Å². The fourth-order valence-electron chi connectivity index (χ4n) is 2.47. The summed E-state index contributed by atoms with van der Waals surface area (Å²) < 4.78 is 0. The standard InChI is InChI=1S/C12H23NO/c1-9(2)7-12(14)11-6-4-3-5-10(11)8-13/h9-11H,3-8,13H2,1-2H3. The van der Waals surface area contributed by atoms with Crippen molar-refractivity contribution in [2.24, 2.45) is 23.5 Å². The number of carbonyl (C=O) groups is 1. The third-order valence-electron chi connectivity index (χ3n) is 3.23. The summed E-state index contributed by atoms with van der Waals surface area (Å²) in [5.74, 6) is 1.68. The van der Waals surface area contributed by atoms with Gasteiger partial charge in [-0.05, 0) is 31.2 Å². The monoisotopic (exact) mass is 197 g/mol. The molecule has 0 saturated heterocycles. The van der Waals surface area contributed by atoms with Crippen LogP contribution in [-0.4, -0.2) is 12.3 Å². The van der Waals surface area contributed by atoms with Crippen molar-refractivity contribution in [2.45, 2.75) is 46.0 Å². The van der Waals surface area contributed by atoms with Crippen molar-refractivity contribution < 1.29 is 4.79 Å². The molecule has 2 unspecified atom stereocenters. The van der Waals surface area contributed by atoms with Crippen LogP contribution in [0.15, 0.2) is 0 Å². The van der Waals surface area contributed by atoms with Crippen LogP contribution in [-0.2, 0) is 4.79 Å². The van der Waals surface area contributed by atoms with Gasteiger partial charge in [-0.15, -0.1) is 0 Å². The third-order valence-corrected chi connectivity index (χ3v) is 3.23. The molecule has 2 N–H and O–H groups in total. The minimum absolute atomic E-state index is 0.274. The first-order chi connectivity index (χ1) is 6.65. The molecule has 2 heteroatoms. The average Bonchev–Trinajstić information content (AvgIpc) is 2.16. The second-order valence-electron chi connectivity index (χ2n) is 4.95. The molecule has 82 valence electrons. The van der Waals surface area contributed by atoms with Gasteiger partial charge in [0.25, 0.3) is 0 Å². The van der Waals surface area contributed by atoms with E-state index >= 15 is 0 Å². The molecule has 1 rings (SSSR count). The lowest BCUT2D eigenvalue weighted by atomic mass is 9.75. The largest absolute Gasteiger partial charge is 0.330 e. The van der Waals surface area contributed by atoms with E-state index in [1.807, 2.05) is 0 Å². The molecule has 0 aromatic heterocycles. The molecule has 0 aromatic carbocycles. The molecule has 0 spiro atoms. The van der Waals surface area contributed by atoms with Crippen LogP contribution in [0, 0.1) is 17.8 Å². The maximum atomic E-state index is 11.9. The molecule has 0 bridgehead atoms. The maximum absolute atomic E-state index is 11.9. The van der Waals surface area contributed by atoms with Crippen molar-refractivity contribution >= 4 is 5.78 Å². The highest BCUT2D eigenvalue weighted by Crippen LogP contribution is 2.31. The van der Waals surface area contributed by atoms with Crippen LogP contribution >= 0.6 is 0 Å². The fourth-order valence-corrected chi connectivity index (χ4v) is 2.47. The van der Waals surface area contributed by atoms with E-state index in [4.69, 9.17) is 5.73 Å². The summed E-state index contributed by atoms with van der Waals surface area (Å²) in [7, 11) is 0. The highest BCUT2D eigenvalue weighted by molar-refractivity contribution is 5.81. The predicted octanol–water partition coefficient (Wildman–Crippen LogP) is 2.37. The molecule has 2 nitrogen and oxygen atoms in total. The molecule has 0 radical (unpaired) electrons. The first kappa shape index (κ1) is 11.7. The van der Waals surface area contributed by atoms with Gasteiger partial charge in [-0.2, -0.15) is 0 Å². The Labute approximate surface area is 87.2 Å². The minimum Gasteiger partial charge on any atom is -0.330 e. The van der Waals surface area contributed by atoms with Crippen LogP contribution in [0.3, 0.4) is 0 Å². The lowest BCUT2D eigenvalue weighted by molar-refractivity contribution is -0.126. The number of carbonyl (C=O) groups excluding carboxylic acids is 1. The van der Waals surface area contributed by atoms with Gasteiger partial charge >= 0.3 is 0 Å². The van der Waals surface area contributed by atoms with Gasteiger partial charge in [0.05, 0.1) is 0 Å². The summed E-state index contributed by atoms with van der Waals surface area (Å²) in [5, 5.41) is 0. The SMILES string of the molecule is CC(C)CC(=O)C1CCCCC1CN. The first-order valence-corrected chi connectivity index (χ1v) is 5.88. The zero-order valence-electron chi connectivity index (χ0n) is 9.46. The van der Waals surface area contributed by atoms with Gasteiger partial charge in [-0.25, -0.2) is 0 Å². The molecule has 1 fully saturated rings. The van der Waals surface area contributed by atoms with Gasteiger partial charge in [-0.1, -0.05) is 26.7 Å². The van der Waals surface area contributed by atoms with E-state index in [9.17, 15) is 4.79 Å². The Bertz CT molecular complexity index is 189. The van der Waals surface area contributed by atoms with Crippen molar-refractivity contribution in [1.29, 1.82) is 0 Å². The first-order valence-electron chi connectivity index (χ1n) is 5.88. The second-order valence-corrected chi connectivity index (χ2v) is 4.95. The number of nitrogens with two attached hydrogens (primary N) is 1. The van der Waals surface area contributed by atoms with Gasteiger partial charge in [0.1, 0.15) is 5.78 Å². The molecule has 0 amide bonds. The van der Waals surface area contributed by atoms with Gasteiger partial charge < -0.3 is 5.73 Å². The number of Topliss-reactive ketones (excluding diaryl/α,β-unsaturated/α-hetero) is 1. The third kappa shape index (κ3) is 3.09. The Balaban J connectivity index is 2.50. The Morgan fingerprint density at radius 2 is 2.00 bits per heavy atom. The Hall–Kier alpha value is -0.370. The number of hydrogen-bond acceptors (Lipinski definition) is 2. The summed E-state index contributed by atoms with van der Waals surface area (Å²) in [4.78, 5) is 11.9. The summed E-state index contributed by atoms with van der Waals surface area (Å²) in [6, 6.07) is 0. The van der Waals surface area contributed by atoms with Crippen molar-refractivity contribution in [3.05, 3.63) is 0 Å². The molecule has 1 aliphatic carbocycles. The van der Waals surface area contributed by atoms with Crippen LogP contribution in [0.4, 0.5) is 0 Å². The van der Waals surface area contributed by atoms with Crippen LogP contribution in [0.25, 0.3) is 0 Å². The molecule has 0 aliphatic heterocycles. The summed E-state index contributed by atoms with van der Waals surface area (Å²) in [6.45, 7) is 4.91. The zero-order chi connectivity index (χ0) is 10.6. The lowest BCUT2D eigenvalue weighted by Gasteiger charge is -2.29. The van der Waals surface area contributed by atoms with Crippen molar-refractivity contribution in [3.8, 4) is 0 Å². The van der Waals surface area contributed by atoms with Crippen molar-refractivity contribution in [2.75, 3.05) is 6.54 Å². The maximum Gasteiger partial charge on any atom is 0.136 e. The summed E-state index contributed by atoms with van der Waals surface area (Å²) in [5.41, 5.74) is 5.71. The van der Waals surface area contributed by atoms with Gasteiger partial charge in [-0.3, -0.25) is 4.79 Å². The van der Waals surface area contributed by atoms with Crippen molar-refractivity contribution in [1.82, 2.24) is 0 Å². The molecule has 0 aromatic rings. The second kappa shape index (κ2) is 5.50. The molecular weight excluding hydrogens is 174 g/mol. The highest BCUT2D eigenvalue weighted by atomic mass is 16.1. The quantitative estimate of drug-likeness (QED) is 0.752. The average molecular weight is 197 g/mol. The normalized spacial score (nSPS) is 28.0. The molecule has 1 saturated carbocycles. The van der Waals surface area contributed by atoms with E-state index in [-0.39, 0.29) is 5.92 Å². The van der Waals surface area contributed by atoms with Gasteiger partial charge in [0.15, 0.2) is 0 Å². The lowest BCUT2D eigenvalue weighted by Crippen LogP contribution is -2.32. The molecular formula is C12H23NO. The Kier molecular flexibility index (Phi) is 4.59. The minimum atomic E-state index is 0.274.